The third kappa shape index (κ3) is 3.49. The van der Waals surface area contributed by atoms with Gasteiger partial charge < -0.3 is 4.74 Å². The van der Waals surface area contributed by atoms with E-state index in [9.17, 15) is 0 Å². The van der Waals surface area contributed by atoms with Crippen LogP contribution in [0.4, 0.5) is 0 Å². The van der Waals surface area contributed by atoms with Crippen molar-refractivity contribution < 1.29 is 4.74 Å². The molecular formula is C10H13ClOS. The molecule has 0 spiro atoms. The van der Waals surface area contributed by atoms with E-state index in [-0.39, 0.29) is 0 Å². The molecule has 0 N–H and O–H groups in total. The SMILES string of the molecule is CSCCOc1ccc(C)cc1Cl. The minimum atomic E-state index is 0.695. The molecule has 0 aliphatic heterocycles. The van der Waals surface area contributed by atoms with E-state index >= 15 is 0 Å². The van der Waals surface area contributed by atoms with Gasteiger partial charge in [0.2, 0.25) is 0 Å². The molecule has 13 heavy (non-hydrogen) atoms. The van der Waals surface area contributed by atoms with Crippen LogP contribution in [0.3, 0.4) is 0 Å². The van der Waals surface area contributed by atoms with Crippen LogP contribution in [0, 0.1) is 6.92 Å². The lowest BCUT2D eigenvalue weighted by Gasteiger charge is -2.07. The highest BCUT2D eigenvalue weighted by Crippen LogP contribution is 2.25. The number of hydrogen-bond donors (Lipinski definition) is 0. The fourth-order valence-corrected chi connectivity index (χ4v) is 1.50. The summed E-state index contributed by atoms with van der Waals surface area (Å²) in [6.45, 7) is 2.72. The Labute approximate surface area is 88.4 Å². The van der Waals surface area contributed by atoms with Crippen LogP contribution in [0.1, 0.15) is 5.56 Å². The van der Waals surface area contributed by atoms with Crippen molar-refractivity contribution in [2.24, 2.45) is 0 Å². The van der Waals surface area contributed by atoms with E-state index in [2.05, 4.69) is 6.26 Å². The Bertz CT molecular complexity index is 276. The maximum Gasteiger partial charge on any atom is 0.137 e. The number of hydrogen-bond acceptors (Lipinski definition) is 2. The predicted molar refractivity (Wildman–Crippen MR) is 60.1 cm³/mol. The van der Waals surface area contributed by atoms with Gasteiger partial charge in [-0.25, -0.2) is 0 Å². The zero-order chi connectivity index (χ0) is 9.68. The van der Waals surface area contributed by atoms with Crippen LogP contribution in [0.5, 0.6) is 5.75 Å². The summed E-state index contributed by atoms with van der Waals surface area (Å²) in [5, 5.41) is 0.695. The first-order valence-corrected chi connectivity index (χ1v) is 5.89. The van der Waals surface area contributed by atoms with Crippen molar-refractivity contribution >= 4 is 23.4 Å². The van der Waals surface area contributed by atoms with Crippen molar-refractivity contribution in [2.75, 3.05) is 18.6 Å². The second-order valence-electron chi connectivity index (χ2n) is 2.78. The molecule has 0 bridgehead atoms. The molecule has 0 saturated heterocycles. The number of ether oxygens (including phenoxy) is 1. The Hall–Kier alpha value is -0.340. The normalized spacial score (nSPS) is 10.1. The highest BCUT2D eigenvalue weighted by Gasteiger charge is 2.00. The zero-order valence-corrected chi connectivity index (χ0v) is 9.41. The van der Waals surface area contributed by atoms with Crippen LogP contribution in [-0.4, -0.2) is 18.6 Å². The van der Waals surface area contributed by atoms with Crippen molar-refractivity contribution in [1.82, 2.24) is 0 Å². The van der Waals surface area contributed by atoms with Crippen molar-refractivity contribution in [3.8, 4) is 5.75 Å². The lowest BCUT2D eigenvalue weighted by molar-refractivity contribution is 0.344. The van der Waals surface area contributed by atoms with Crippen molar-refractivity contribution in [3.63, 3.8) is 0 Å². The highest BCUT2D eigenvalue weighted by molar-refractivity contribution is 7.98. The summed E-state index contributed by atoms with van der Waals surface area (Å²) in [6, 6.07) is 5.83. The Morgan fingerprint density at radius 2 is 2.23 bits per heavy atom. The molecule has 72 valence electrons. The lowest BCUT2D eigenvalue weighted by atomic mass is 10.2. The van der Waals surface area contributed by atoms with Crippen LogP contribution in [0.15, 0.2) is 18.2 Å². The molecule has 0 heterocycles. The van der Waals surface area contributed by atoms with E-state index in [4.69, 9.17) is 16.3 Å². The summed E-state index contributed by atoms with van der Waals surface area (Å²) in [4.78, 5) is 0. The van der Waals surface area contributed by atoms with Gasteiger partial charge in [-0.15, -0.1) is 0 Å². The quantitative estimate of drug-likeness (QED) is 0.714. The summed E-state index contributed by atoms with van der Waals surface area (Å²) in [5.41, 5.74) is 1.15. The first kappa shape index (κ1) is 10.7. The third-order valence-corrected chi connectivity index (χ3v) is 2.50. The van der Waals surface area contributed by atoms with E-state index in [1.54, 1.807) is 11.8 Å². The Balaban J connectivity index is 2.56. The van der Waals surface area contributed by atoms with Crippen LogP contribution < -0.4 is 4.74 Å². The standard InChI is InChI=1S/C10H13ClOS/c1-8-3-4-10(9(11)7-8)12-5-6-13-2/h3-4,7H,5-6H2,1-2H3. The molecular weight excluding hydrogens is 204 g/mol. The molecule has 0 saturated carbocycles. The van der Waals surface area contributed by atoms with Gasteiger partial charge in [-0.3, -0.25) is 0 Å². The summed E-state index contributed by atoms with van der Waals surface area (Å²) in [6.07, 6.45) is 2.06. The second kappa shape index (κ2) is 5.40. The number of benzene rings is 1. The van der Waals surface area contributed by atoms with Gasteiger partial charge in [0.05, 0.1) is 11.6 Å². The Morgan fingerprint density at radius 3 is 2.85 bits per heavy atom. The van der Waals surface area contributed by atoms with Gasteiger partial charge in [0.15, 0.2) is 0 Å². The molecule has 0 atom stereocenters. The molecule has 1 rings (SSSR count). The van der Waals surface area contributed by atoms with Crippen molar-refractivity contribution in [2.45, 2.75) is 6.92 Å². The maximum absolute atomic E-state index is 5.98. The topological polar surface area (TPSA) is 9.23 Å². The first-order valence-electron chi connectivity index (χ1n) is 4.12. The summed E-state index contributed by atoms with van der Waals surface area (Å²) < 4.78 is 5.48. The van der Waals surface area contributed by atoms with Crippen LogP contribution in [-0.2, 0) is 0 Å². The first-order chi connectivity index (χ1) is 6.24. The van der Waals surface area contributed by atoms with Crippen LogP contribution in [0.25, 0.3) is 0 Å². The van der Waals surface area contributed by atoms with Crippen molar-refractivity contribution in [1.29, 1.82) is 0 Å². The van der Waals surface area contributed by atoms with Gasteiger partial charge in [-0.05, 0) is 30.9 Å². The summed E-state index contributed by atoms with van der Waals surface area (Å²) >= 11 is 7.74. The van der Waals surface area contributed by atoms with Gasteiger partial charge in [-0.1, -0.05) is 17.7 Å². The monoisotopic (exact) mass is 216 g/mol. The van der Waals surface area contributed by atoms with E-state index in [1.165, 1.54) is 0 Å². The van der Waals surface area contributed by atoms with E-state index in [1.807, 2.05) is 25.1 Å². The lowest BCUT2D eigenvalue weighted by Crippen LogP contribution is -1.99. The average Bonchev–Trinajstić information content (AvgIpc) is 2.09. The van der Waals surface area contributed by atoms with Crippen molar-refractivity contribution in [3.05, 3.63) is 28.8 Å². The minimum Gasteiger partial charge on any atom is -0.491 e. The number of rotatable bonds is 4. The van der Waals surface area contributed by atoms with Gasteiger partial charge in [0, 0.05) is 5.75 Å². The van der Waals surface area contributed by atoms with Gasteiger partial charge in [0.1, 0.15) is 5.75 Å². The smallest absolute Gasteiger partial charge is 0.137 e. The Morgan fingerprint density at radius 1 is 1.46 bits per heavy atom. The van der Waals surface area contributed by atoms with Crippen LogP contribution in [0.2, 0.25) is 5.02 Å². The average molecular weight is 217 g/mol. The van der Waals surface area contributed by atoms with Gasteiger partial charge in [-0.2, -0.15) is 11.8 Å². The molecule has 3 heteroatoms. The Kier molecular flexibility index (Phi) is 4.46. The summed E-state index contributed by atoms with van der Waals surface area (Å²) in [5.74, 6) is 1.77. The molecule has 1 nitrogen and oxygen atoms in total. The molecule has 1 aromatic carbocycles. The molecule has 0 fully saturated rings. The van der Waals surface area contributed by atoms with Gasteiger partial charge >= 0.3 is 0 Å². The van der Waals surface area contributed by atoms with E-state index in [0.717, 1.165) is 17.1 Å². The van der Waals surface area contributed by atoms with Gasteiger partial charge in [0.25, 0.3) is 0 Å². The second-order valence-corrected chi connectivity index (χ2v) is 4.17. The number of aryl methyl sites for hydroxylation is 1. The minimum absolute atomic E-state index is 0.695. The molecule has 1 aromatic rings. The molecule has 0 unspecified atom stereocenters. The largest absolute Gasteiger partial charge is 0.491 e. The molecule has 0 aliphatic carbocycles. The van der Waals surface area contributed by atoms with E-state index in [0.29, 0.717) is 11.6 Å². The molecule has 0 aliphatic rings. The van der Waals surface area contributed by atoms with E-state index < -0.39 is 0 Å². The third-order valence-electron chi connectivity index (χ3n) is 1.63. The molecule has 0 radical (unpaired) electrons. The summed E-state index contributed by atoms with van der Waals surface area (Å²) in [7, 11) is 0. The molecule has 0 aromatic heterocycles. The number of thioether (sulfide) groups is 1. The zero-order valence-electron chi connectivity index (χ0n) is 7.84. The van der Waals surface area contributed by atoms with Crippen LogP contribution >= 0.6 is 23.4 Å². The highest BCUT2D eigenvalue weighted by atomic mass is 35.5. The number of halogens is 1. The predicted octanol–water partition coefficient (Wildman–Crippen LogP) is 3.39. The fourth-order valence-electron chi connectivity index (χ4n) is 0.958. The maximum atomic E-state index is 5.98. The fraction of sp³-hybridized carbons (Fsp3) is 0.400. The molecule has 0 amide bonds.